The average molecular weight is 219 g/mol. The standard InChI is InChI=1S/C13H17NO2/c1-9(2)15-12-6-5-11(8-14)13(7-12)16-10(3)4/h5-7,9-10H,1-4H3. The molecule has 3 heteroatoms. The van der Waals surface area contributed by atoms with Gasteiger partial charge in [0, 0.05) is 6.07 Å². The van der Waals surface area contributed by atoms with Crippen molar-refractivity contribution in [1.82, 2.24) is 0 Å². The van der Waals surface area contributed by atoms with Crippen LogP contribution in [-0.2, 0) is 0 Å². The van der Waals surface area contributed by atoms with Crippen LogP contribution in [0.25, 0.3) is 0 Å². The maximum absolute atomic E-state index is 8.93. The Hall–Kier alpha value is -1.69. The smallest absolute Gasteiger partial charge is 0.141 e. The summed E-state index contributed by atoms with van der Waals surface area (Å²) < 4.78 is 11.1. The summed E-state index contributed by atoms with van der Waals surface area (Å²) in [5.41, 5.74) is 0.532. The van der Waals surface area contributed by atoms with E-state index in [2.05, 4.69) is 6.07 Å². The van der Waals surface area contributed by atoms with E-state index in [1.807, 2.05) is 27.7 Å². The molecular formula is C13H17NO2. The number of nitriles is 1. The van der Waals surface area contributed by atoms with Crippen LogP contribution in [0, 0.1) is 11.3 Å². The van der Waals surface area contributed by atoms with Gasteiger partial charge < -0.3 is 9.47 Å². The first-order valence-corrected chi connectivity index (χ1v) is 5.40. The molecule has 0 amide bonds. The van der Waals surface area contributed by atoms with Gasteiger partial charge in [0.05, 0.1) is 17.8 Å². The molecule has 0 radical (unpaired) electrons. The molecule has 0 saturated heterocycles. The molecule has 0 aromatic heterocycles. The van der Waals surface area contributed by atoms with Crippen molar-refractivity contribution in [2.24, 2.45) is 0 Å². The molecule has 0 spiro atoms. The SMILES string of the molecule is CC(C)Oc1ccc(C#N)c(OC(C)C)c1. The van der Waals surface area contributed by atoms with Crippen molar-refractivity contribution < 1.29 is 9.47 Å². The van der Waals surface area contributed by atoms with Crippen molar-refractivity contribution in [2.75, 3.05) is 0 Å². The van der Waals surface area contributed by atoms with E-state index in [4.69, 9.17) is 14.7 Å². The summed E-state index contributed by atoms with van der Waals surface area (Å²) in [7, 11) is 0. The predicted molar refractivity (Wildman–Crippen MR) is 62.7 cm³/mol. The van der Waals surface area contributed by atoms with E-state index in [-0.39, 0.29) is 12.2 Å². The molecule has 0 saturated carbocycles. The van der Waals surface area contributed by atoms with Gasteiger partial charge in [-0.25, -0.2) is 0 Å². The lowest BCUT2D eigenvalue weighted by Crippen LogP contribution is -2.09. The van der Waals surface area contributed by atoms with Crippen LogP contribution >= 0.6 is 0 Å². The summed E-state index contributed by atoms with van der Waals surface area (Å²) in [6.07, 6.45) is 0.154. The minimum Gasteiger partial charge on any atom is -0.491 e. The van der Waals surface area contributed by atoms with Crippen molar-refractivity contribution in [3.63, 3.8) is 0 Å². The van der Waals surface area contributed by atoms with Gasteiger partial charge in [0.15, 0.2) is 0 Å². The van der Waals surface area contributed by atoms with Gasteiger partial charge in [0.2, 0.25) is 0 Å². The topological polar surface area (TPSA) is 42.2 Å². The molecule has 0 aliphatic carbocycles. The summed E-state index contributed by atoms with van der Waals surface area (Å²) in [6, 6.07) is 7.36. The molecule has 0 aliphatic rings. The monoisotopic (exact) mass is 219 g/mol. The lowest BCUT2D eigenvalue weighted by atomic mass is 10.2. The maximum Gasteiger partial charge on any atom is 0.141 e. The van der Waals surface area contributed by atoms with E-state index in [0.717, 1.165) is 5.75 Å². The molecule has 0 heterocycles. The van der Waals surface area contributed by atoms with Crippen LogP contribution < -0.4 is 9.47 Å². The van der Waals surface area contributed by atoms with E-state index in [1.165, 1.54) is 0 Å². The lowest BCUT2D eigenvalue weighted by molar-refractivity contribution is 0.228. The van der Waals surface area contributed by atoms with Gasteiger partial charge in [-0.15, -0.1) is 0 Å². The fourth-order valence-electron chi connectivity index (χ4n) is 1.29. The van der Waals surface area contributed by atoms with Crippen LogP contribution in [0.4, 0.5) is 0 Å². The second-order valence-electron chi connectivity index (χ2n) is 4.10. The zero-order valence-electron chi connectivity index (χ0n) is 10.2. The highest BCUT2D eigenvalue weighted by Crippen LogP contribution is 2.25. The molecule has 0 aliphatic heterocycles. The molecule has 86 valence electrons. The quantitative estimate of drug-likeness (QED) is 0.781. The Morgan fingerprint density at radius 3 is 2.19 bits per heavy atom. The Morgan fingerprint density at radius 2 is 1.69 bits per heavy atom. The van der Waals surface area contributed by atoms with E-state index in [9.17, 15) is 0 Å². The molecule has 0 atom stereocenters. The van der Waals surface area contributed by atoms with Crippen LogP contribution in [0.3, 0.4) is 0 Å². The summed E-state index contributed by atoms with van der Waals surface area (Å²) in [5, 5.41) is 8.93. The van der Waals surface area contributed by atoms with Gasteiger partial charge in [-0.2, -0.15) is 5.26 Å². The van der Waals surface area contributed by atoms with Crippen LogP contribution in [0.15, 0.2) is 18.2 Å². The van der Waals surface area contributed by atoms with E-state index in [1.54, 1.807) is 18.2 Å². The zero-order valence-corrected chi connectivity index (χ0v) is 10.2. The van der Waals surface area contributed by atoms with Crippen molar-refractivity contribution in [2.45, 2.75) is 39.9 Å². The molecule has 0 bridgehead atoms. The second-order valence-corrected chi connectivity index (χ2v) is 4.10. The number of hydrogen-bond acceptors (Lipinski definition) is 3. The van der Waals surface area contributed by atoms with Crippen molar-refractivity contribution in [3.8, 4) is 17.6 Å². The third-order valence-corrected chi connectivity index (χ3v) is 1.81. The Morgan fingerprint density at radius 1 is 1.06 bits per heavy atom. The Balaban J connectivity index is 2.97. The molecule has 1 aromatic carbocycles. The first-order chi connectivity index (χ1) is 7.52. The number of hydrogen-bond donors (Lipinski definition) is 0. The lowest BCUT2D eigenvalue weighted by Gasteiger charge is -2.14. The minimum absolute atomic E-state index is 0.0430. The summed E-state index contributed by atoms with van der Waals surface area (Å²) in [5.74, 6) is 1.31. The summed E-state index contributed by atoms with van der Waals surface area (Å²) in [6.45, 7) is 7.77. The maximum atomic E-state index is 8.93. The molecule has 0 unspecified atom stereocenters. The first-order valence-electron chi connectivity index (χ1n) is 5.40. The average Bonchev–Trinajstić information content (AvgIpc) is 2.16. The van der Waals surface area contributed by atoms with Gasteiger partial charge >= 0.3 is 0 Å². The van der Waals surface area contributed by atoms with E-state index >= 15 is 0 Å². The molecule has 16 heavy (non-hydrogen) atoms. The minimum atomic E-state index is 0.0430. The molecule has 1 rings (SSSR count). The second kappa shape index (κ2) is 5.41. The van der Waals surface area contributed by atoms with E-state index in [0.29, 0.717) is 11.3 Å². The molecule has 0 N–H and O–H groups in total. The van der Waals surface area contributed by atoms with Crippen LogP contribution in [0.5, 0.6) is 11.5 Å². The third-order valence-electron chi connectivity index (χ3n) is 1.81. The van der Waals surface area contributed by atoms with Crippen LogP contribution in [-0.4, -0.2) is 12.2 Å². The zero-order chi connectivity index (χ0) is 12.1. The molecule has 0 fully saturated rings. The van der Waals surface area contributed by atoms with Gasteiger partial charge in [0.1, 0.15) is 17.6 Å². The Labute approximate surface area is 96.6 Å². The van der Waals surface area contributed by atoms with Gasteiger partial charge in [-0.3, -0.25) is 0 Å². The Bertz CT molecular complexity index is 391. The molecular weight excluding hydrogens is 202 g/mol. The summed E-state index contributed by atoms with van der Waals surface area (Å²) >= 11 is 0. The molecule has 1 aromatic rings. The largest absolute Gasteiger partial charge is 0.491 e. The highest BCUT2D eigenvalue weighted by Gasteiger charge is 2.08. The third kappa shape index (κ3) is 3.47. The van der Waals surface area contributed by atoms with Crippen LogP contribution in [0.2, 0.25) is 0 Å². The van der Waals surface area contributed by atoms with E-state index < -0.39 is 0 Å². The van der Waals surface area contributed by atoms with Gasteiger partial charge in [-0.1, -0.05) is 0 Å². The number of rotatable bonds is 4. The van der Waals surface area contributed by atoms with Crippen molar-refractivity contribution in [1.29, 1.82) is 5.26 Å². The fourth-order valence-corrected chi connectivity index (χ4v) is 1.29. The number of ether oxygens (including phenoxy) is 2. The highest BCUT2D eigenvalue weighted by molar-refractivity contribution is 5.47. The van der Waals surface area contributed by atoms with Crippen molar-refractivity contribution >= 4 is 0 Å². The predicted octanol–water partition coefficient (Wildman–Crippen LogP) is 3.13. The van der Waals surface area contributed by atoms with Gasteiger partial charge in [-0.05, 0) is 39.8 Å². The Kier molecular flexibility index (Phi) is 4.19. The number of nitrogens with zero attached hydrogens (tertiary/aromatic N) is 1. The fraction of sp³-hybridized carbons (Fsp3) is 0.462. The van der Waals surface area contributed by atoms with Gasteiger partial charge in [0.25, 0.3) is 0 Å². The first kappa shape index (κ1) is 12.4. The normalized spacial score (nSPS) is 10.3. The number of benzene rings is 1. The highest BCUT2D eigenvalue weighted by atomic mass is 16.5. The van der Waals surface area contributed by atoms with Crippen molar-refractivity contribution in [3.05, 3.63) is 23.8 Å². The van der Waals surface area contributed by atoms with Crippen LogP contribution in [0.1, 0.15) is 33.3 Å². The molecule has 3 nitrogen and oxygen atoms in total. The summed E-state index contributed by atoms with van der Waals surface area (Å²) in [4.78, 5) is 0.